The van der Waals surface area contributed by atoms with E-state index < -0.39 is 0 Å². The zero-order valence-electron chi connectivity index (χ0n) is 17.3. The molecule has 0 aliphatic carbocycles. The Morgan fingerprint density at radius 3 is 2.55 bits per heavy atom. The SMILES string of the molecule is CC(C)(C)c1nnc(CN2CCN(CCCc3nc(-c4cccs4)no3)CC2)o1. The second kappa shape index (κ2) is 8.73. The molecule has 4 heterocycles. The van der Waals surface area contributed by atoms with Crippen molar-refractivity contribution in [2.24, 2.45) is 0 Å². The molecular formula is C20H28N6O2S. The van der Waals surface area contributed by atoms with Crippen LogP contribution in [0.3, 0.4) is 0 Å². The minimum Gasteiger partial charge on any atom is -0.423 e. The third-order valence-corrected chi connectivity index (χ3v) is 5.87. The predicted octanol–water partition coefficient (Wildman–Crippen LogP) is 3.23. The molecule has 0 bridgehead atoms. The van der Waals surface area contributed by atoms with E-state index in [1.54, 1.807) is 11.3 Å². The molecule has 8 nitrogen and oxygen atoms in total. The van der Waals surface area contributed by atoms with Gasteiger partial charge in [-0.1, -0.05) is 32.0 Å². The number of thiophene rings is 1. The quantitative estimate of drug-likeness (QED) is 0.580. The topological polar surface area (TPSA) is 84.3 Å². The fourth-order valence-corrected chi connectivity index (χ4v) is 3.95. The monoisotopic (exact) mass is 416 g/mol. The van der Waals surface area contributed by atoms with Gasteiger partial charge in [-0.15, -0.1) is 21.5 Å². The van der Waals surface area contributed by atoms with Crippen LogP contribution in [0.25, 0.3) is 10.7 Å². The van der Waals surface area contributed by atoms with Crippen molar-refractivity contribution < 1.29 is 8.94 Å². The molecule has 29 heavy (non-hydrogen) atoms. The van der Waals surface area contributed by atoms with Crippen molar-refractivity contribution in [3.05, 3.63) is 35.2 Å². The Balaban J connectivity index is 1.17. The fourth-order valence-electron chi connectivity index (χ4n) is 3.30. The zero-order valence-corrected chi connectivity index (χ0v) is 18.1. The van der Waals surface area contributed by atoms with Crippen molar-refractivity contribution >= 4 is 11.3 Å². The predicted molar refractivity (Wildman–Crippen MR) is 111 cm³/mol. The van der Waals surface area contributed by atoms with Gasteiger partial charge < -0.3 is 13.8 Å². The van der Waals surface area contributed by atoms with Gasteiger partial charge in [0.25, 0.3) is 0 Å². The summed E-state index contributed by atoms with van der Waals surface area (Å²) in [5, 5.41) is 14.5. The summed E-state index contributed by atoms with van der Waals surface area (Å²) in [6.45, 7) is 12.1. The Bertz CT molecular complexity index is 890. The van der Waals surface area contributed by atoms with Crippen LogP contribution in [0.4, 0.5) is 0 Å². The number of hydrogen-bond donors (Lipinski definition) is 0. The van der Waals surface area contributed by atoms with Crippen LogP contribution >= 0.6 is 11.3 Å². The maximum absolute atomic E-state index is 5.82. The van der Waals surface area contributed by atoms with Crippen LogP contribution in [0, 0.1) is 0 Å². The summed E-state index contributed by atoms with van der Waals surface area (Å²) in [5.74, 6) is 2.83. The molecule has 0 unspecified atom stereocenters. The molecule has 0 aromatic carbocycles. The lowest BCUT2D eigenvalue weighted by Gasteiger charge is -2.33. The van der Waals surface area contributed by atoms with E-state index in [4.69, 9.17) is 8.94 Å². The summed E-state index contributed by atoms with van der Waals surface area (Å²) in [5.41, 5.74) is -0.104. The number of rotatable bonds is 7. The highest BCUT2D eigenvalue weighted by Gasteiger charge is 2.23. The molecule has 0 radical (unpaired) electrons. The van der Waals surface area contributed by atoms with Crippen molar-refractivity contribution in [3.63, 3.8) is 0 Å². The summed E-state index contributed by atoms with van der Waals surface area (Å²) < 4.78 is 11.2. The molecule has 1 aliphatic heterocycles. The summed E-state index contributed by atoms with van der Waals surface area (Å²) in [6.07, 6.45) is 1.83. The third-order valence-electron chi connectivity index (χ3n) is 5.01. The highest BCUT2D eigenvalue weighted by Crippen LogP contribution is 2.22. The smallest absolute Gasteiger partial charge is 0.230 e. The normalized spacial score (nSPS) is 16.5. The summed E-state index contributed by atoms with van der Waals surface area (Å²) >= 11 is 1.63. The van der Waals surface area contributed by atoms with Gasteiger partial charge in [0.05, 0.1) is 11.4 Å². The highest BCUT2D eigenvalue weighted by molar-refractivity contribution is 7.13. The van der Waals surface area contributed by atoms with Gasteiger partial charge in [0.2, 0.25) is 23.5 Å². The molecule has 0 N–H and O–H groups in total. The van der Waals surface area contributed by atoms with Crippen LogP contribution in [-0.2, 0) is 18.4 Å². The van der Waals surface area contributed by atoms with Gasteiger partial charge in [-0.05, 0) is 24.4 Å². The Hall–Kier alpha value is -2.10. The molecule has 1 saturated heterocycles. The molecule has 0 amide bonds. The number of aryl methyl sites for hydroxylation is 1. The van der Waals surface area contributed by atoms with Gasteiger partial charge in [-0.3, -0.25) is 4.90 Å². The van der Waals surface area contributed by atoms with E-state index in [0.29, 0.717) is 17.6 Å². The fraction of sp³-hybridized carbons (Fsp3) is 0.600. The van der Waals surface area contributed by atoms with Crippen LogP contribution in [0.1, 0.15) is 44.9 Å². The molecule has 3 aromatic rings. The average molecular weight is 417 g/mol. The van der Waals surface area contributed by atoms with Crippen LogP contribution in [0.5, 0.6) is 0 Å². The molecule has 1 aliphatic rings. The lowest BCUT2D eigenvalue weighted by atomic mass is 9.97. The van der Waals surface area contributed by atoms with Crippen LogP contribution in [0.2, 0.25) is 0 Å². The number of aromatic nitrogens is 4. The minimum absolute atomic E-state index is 0.104. The first-order valence-electron chi connectivity index (χ1n) is 10.1. The molecule has 9 heteroatoms. The van der Waals surface area contributed by atoms with Gasteiger partial charge in [-0.2, -0.15) is 4.98 Å². The third kappa shape index (κ3) is 5.29. The molecule has 3 aromatic heterocycles. The van der Waals surface area contributed by atoms with Crippen molar-refractivity contribution in [3.8, 4) is 10.7 Å². The molecule has 156 valence electrons. The molecule has 0 atom stereocenters. The van der Waals surface area contributed by atoms with E-state index in [1.165, 1.54) is 0 Å². The van der Waals surface area contributed by atoms with Crippen LogP contribution in [-0.4, -0.2) is 62.9 Å². The molecule has 4 rings (SSSR count). The van der Waals surface area contributed by atoms with Gasteiger partial charge in [0.15, 0.2) is 0 Å². The lowest BCUT2D eigenvalue weighted by Crippen LogP contribution is -2.46. The summed E-state index contributed by atoms with van der Waals surface area (Å²) in [7, 11) is 0. The Labute approximate surface area is 174 Å². The van der Waals surface area contributed by atoms with Gasteiger partial charge in [-0.25, -0.2) is 0 Å². The number of nitrogens with zero attached hydrogens (tertiary/aromatic N) is 6. The van der Waals surface area contributed by atoms with E-state index >= 15 is 0 Å². The number of hydrogen-bond acceptors (Lipinski definition) is 9. The van der Waals surface area contributed by atoms with Gasteiger partial charge >= 0.3 is 0 Å². The van der Waals surface area contributed by atoms with Crippen LogP contribution in [0.15, 0.2) is 26.5 Å². The zero-order chi connectivity index (χ0) is 20.3. The van der Waals surface area contributed by atoms with E-state index in [2.05, 4.69) is 50.9 Å². The van der Waals surface area contributed by atoms with E-state index in [-0.39, 0.29) is 5.41 Å². The Kier molecular flexibility index (Phi) is 6.07. The Morgan fingerprint density at radius 1 is 1.07 bits per heavy atom. The average Bonchev–Trinajstić information content (AvgIpc) is 3.44. The number of piperazine rings is 1. The van der Waals surface area contributed by atoms with Crippen molar-refractivity contribution in [1.29, 1.82) is 0 Å². The Morgan fingerprint density at radius 2 is 1.86 bits per heavy atom. The molecular weight excluding hydrogens is 388 g/mol. The van der Waals surface area contributed by atoms with Crippen molar-refractivity contribution in [2.75, 3.05) is 32.7 Å². The maximum atomic E-state index is 5.82. The minimum atomic E-state index is -0.104. The first-order valence-corrected chi connectivity index (χ1v) is 11.0. The van der Waals surface area contributed by atoms with Gasteiger partial charge in [0, 0.05) is 38.0 Å². The first-order chi connectivity index (χ1) is 14.0. The molecule has 1 fully saturated rings. The highest BCUT2D eigenvalue weighted by atomic mass is 32.1. The lowest BCUT2D eigenvalue weighted by molar-refractivity contribution is 0.117. The summed E-state index contributed by atoms with van der Waals surface area (Å²) in [6, 6.07) is 4.01. The second-order valence-corrected chi connectivity index (χ2v) is 9.41. The standard InChI is InChI=1S/C20H28N6O2S/c1-20(2,3)19-23-22-17(27-19)14-26-11-9-25(10-12-26)8-4-7-16-21-18(24-28-16)15-6-5-13-29-15/h5-6,13H,4,7-12,14H2,1-3H3. The van der Waals surface area contributed by atoms with Gasteiger partial charge in [0.1, 0.15) is 0 Å². The second-order valence-electron chi connectivity index (χ2n) is 8.46. The summed E-state index contributed by atoms with van der Waals surface area (Å²) in [4.78, 5) is 10.4. The largest absolute Gasteiger partial charge is 0.423 e. The first kappa shape index (κ1) is 20.2. The maximum Gasteiger partial charge on any atom is 0.230 e. The van der Waals surface area contributed by atoms with E-state index in [1.807, 2.05) is 17.5 Å². The van der Waals surface area contributed by atoms with E-state index in [9.17, 15) is 0 Å². The van der Waals surface area contributed by atoms with Crippen molar-refractivity contribution in [1.82, 2.24) is 30.1 Å². The molecule has 0 spiro atoms. The van der Waals surface area contributed by atoms with E-state index in [0.717, 1.165) is 62.9 Å². The molecule has 0 saturated carbocycles. The van der Waals surface area contributed by atoms with Crippen molar-refractivity contribution in [2.45, 2.75) is 45.6 Å². The van der Waals surface area contributed by atoms with Crippen LogP contribution < -0.4 is 0 Å².